The molecule has 1 fully saturated rings. The van der Waals surface area contributed by atoms with Crippen molar-refractivity contribution in [3.05, 3.63) is 77.5 Å². The molecule has 0 aliphatic heterocycles. The summed E-state index contributed by atoms with van der Waals surface area (Å²) in [7, 11) is -4.30. The standard InChI is InChI=1S/C25H25BFN5O5S/c1-28-25(33)23-21-11-18(16-6-7-16)22(14-31(21)30-24(23)17-4-3-9-29-12-17)32(38(2,36)37)13-15-5-8-19(26(34)35)20(27)10-15/h3-5,8-12,14,16,34-35H,6-7,13H2,1-2H3,(H,28,33). The van der Waals surface area contributed by atoms with Gasteiger partial charge in [0.2, 0.25) is 10.0 Å². The summed E-state index contributed by atoms with van der Waals surface area (Å²) in [4.78, 5) is 17.1. The third-order valence-corrected chi connectivity index (χ3v) is 7.65. The van der Waals surface area contributed by atoms with E-state index in [1.54, 1.807) is 36.8 Å². The maximum Gasteiger partial charge on any atom is 0.491 e. The lowest BCUT2D eigenvalue weighted by Gasteiger charge is -2.25. The van der Waals surface area contributed by atoms with E-state index in [1.807, 2.05) is 0 Å². The van der Waals surface area contributed by atoms with Gasteiger partial charge in [0.1, 0.15) is 11.5 Å². The van der Waals surface area contributed by atoms with Crippen molar-refractivity contribution < 1.29 is 27.7 Å². The Hall–Kier alpha value is -3.81. The number of hydrogen-bond acceptors (Lipinski definition) is 7. The molecule has 13 heteroatoms. The second-order valence-electron chi connectivity index (χ2n) is 9.26. The Morgan fingerprint density at radius 3 is 2.61 bits per heavy atom. The number of hydrogen-bond donors (Lipinski definition) is 3. The Morgan fingerprint density at radius 2 is 2.03 bits per heavy atom. The Morgan fingerprint density at radius 1 is 1.26 bits per heavy atom. The maximum absolute atomic E-state index is 14.4. The van der Waals surface area contributed by atoms with E-state index in [9.17, 15) is 27.7 Å². The van der Waals surface area contributed by atoms with Crippen LogP contribution >= 0.6 is 0 Å². The number of anilines is 1. The van der Waals surface area contributed by atoms with E-state index >= 15 is 0 Å². The fourth-order valence-electron chi connectivity index (χ4n) is 4.50. The van der Waals surface area contributed by atoms with Crippen LogP contribution in [0.2, 0.25) is 0 Å². The SMILES string of the molecule is CNC(=O)c1c(-c2cccnc2)nn2cc(N(Cc3ccc(B(O)O)c(F)c3)S(C)(=O)=O)c(C3CC3)cc12. The van der Waals surface area contributed by atoms with E-state index < -0.39 is 23.0 Å². The lowest BCUT2D eigenvalue weighted by Crippen LogP contribution is -2.34. The quantitative estimate of drug-likeness (QED) is 0.289. The summed E-state index contributed by atoms with van der Waals surface area (Å²) in [6, 6.07) is 9.07. The molecular formula is C25H25BFN5O5S. The van der Waals surface area contributed by atoms with E-state index in [-0.39, 0.29) is 23.8 Å². The van der Waals surface area contributed by atoms with Crippen LogP contribution in [0.3, 0.4) is 0 Å². The van der Waals surface area contributed by atoms with Crippen molar-refractivity contribution in [2.24, 2.45) is 0 Å². The summed E-state index contributed by atoms with van der Waals surface area (Å²) >= 11 is 0. The van der Waals surface area contributed by atoms with Gasteiger partial charge >= 0.3 is 7.12 Å². The first-order chi connectivity index (χ1) is 18.1. The summed E-state index contributed by atoms with van der Waals surface area (Å²) in [5.41, 5.74) is 3.04. The Balaban J connectivity index is 1.69. The minimum Gasteiger partial charge on any atom is -0.423 e. The highest BCUT2D eigenvalue weighted by molar-refractivity contribution is 7.92. The first-order valence-electron chi connectivity index (χ1n) is 11.9. The average Bonchev–Trinajstić information content (AvgIpc) is 3.66. The molecule has 0 unspecified atom stereocenters. The molecule has 38 heavy (non-hydrogen) atoms. The van der Waals surface area contributed by atoms with Gasteiger partial charge in [-0.15, -0.1) is 0 Å². The van der Waals surface area contributed by atoms with Crippen molar-refractivity contribution in [1.82, 2.24) is 19.9 Å². The molecule has 1 aliphatic carbocycles. The third kappa shape index (κ3) is 4.87. The van der Waals surface area contributed by atoms with Crippen LogP contribution in [-0.4, -0.2) is 59.4 Å². The zero-order valence-corrected chi connectivity index (χ0v) is 21.5. The fourth-order valence-corrected chi connectivity index (χ4v) is 5.40. The lowest BCUT2D eigenvalue weighted by atomic mass is 9.79. The summed E-state index contributed by atoms with van der Waals surface area (Å²) in [6.45, 7) is -0.193. The Kier molecular flexibility index (Phi) is 6.67. The first kappa shape index (κ1) is 25.8. The number of carbonyl (C=O) groups is 1. The molecule has 5 rings (SSSR count). The van der Waals surface area contributed by atoms with Gasteiger partial charge in [-0.05, 0) is 54.2 Å². The largest absolute Gasteiger partial charge is 0.491 e. The number of carbonyl (C=O) groups excluding carboxylic acids is 1. The smallest absolute Gasteiger partial charge is 0.423 e. The van der Waals surface area contributed by atoms with Gasteiger partial charge in [-0.25, -0.2) is 17.3 Å². The topological polar surface area (TPSA) is 137 Å². The average molecular weight is 537 g/mol. The molecular weight excluding hydrogens is 512 g/mol. The van der Waals surface area contributed by atoms with Gasteiger partial charge < -0.3 is 15.4 Å². The predicted octanol–water partition coefficient (Wildman–Crippen LogP) is 1.42. The van der Waals surface area contributed by atoms with Crippen LogP contribution in [-0.2, 0) is 16.6 Å². The van der Waals surface area contributed by atoms with Crippen molar-refractivity contribution in [2.75, 3.05) is 17.6 Å². The van der Waals surface area contributed by atoms with Gasteiger partial charge in [0, 0.05) is 30.5 Å². The summed E-state index contributed by atoms with van der Waals surface area (Å²) < 4.78 is 43.2. The molecule has 3 heterocycles. The molecule has 10 nitrogen and oxygen atoms in total. The van der Waals surface area contributed by atoms with E-state index in [0.29, 0.717) is 33.6 Å². The molecule has 1 aromatic carbocycles. The van der Waals surface area contributed by atoms with Gasteiger partial charge in [-0.3, -0.25) is 14.1 Å². The van der Waals surface area contributed by atoms with Crippen LogP contribution in [0.25, 0.3) is 16.8 Å². The monoisotopic (exact) mass is 537 g/mol. The number of rotatable bonds is 8. The van der Waals surface area contributed by atoms with Gasteiger partial charge in [-0.2, -0.15) is 5.10 Å². The third-order valence-electron chi connectivity index (χ3n) is 6.52. The summed E-state index contributed by atoms with van der Waals surface area (Å²) in [6.07, 6.45) is 7.58. The van der Waals surface area contributed by atoms with Gasteiger partial charge in [0.05, 0.1) is 35.8 Å². The molecule has 1 aliphatic rings. The number of nitrogens with zero attached hydrogens (tertiary/aromatic N) is 4. The minimum atomic E-state index is -3.85. The van der Waals surface area contributed by atoms with E-state index in [2.05, 4.69) is 15.4 Å². The Bertz CT molecular complexity index is 1640. The van der Waals surface area contributed by atoms with Crippen LogP contribution in [0.1, 0.15) is 40.2 Å². The van der Waals surface area contributed by atoms with Crippen LogP contribution in [0.15, 0.2) is 55.0 Å². The van der Waals surface area contributed by atoms with Crippen molar-refractivity contribution in [3.63, 3.8) is 0 Å². The van der Waals surface area contributed by atoms with Crippen LogP contribution in [0.4, 0.5) is 10.1 Å². The second kappa shape index (κ2) is 9.82. The van der Waals surface area contributed by atoms with Gasteiger partial charge in [0.25, 0.3) is 5.91 Å². The van der Waals surface area contributed by atoms with Crippen molar-refractivity contribution in [1.29, 1.82) is 0 Å². The highest BCUT2D eigenvalue weighted by Gasteiger charge is 2.33. The van der Waals surface area contributed by atoms with E-state index in [1.165, 1.54) is 28.0 Å². The van der Waals surface area contributed by atoms with Crippen LogP contribution < -0.4 is 15.1 Å². The second-order valence-corrected chi connectivity index (χ2v) is 11.2. The summed E-state index contributed by atoms with van der Waals surface area (Å²) in [5.74, 6) is -1.10. The number of fused-ring (bicyclic) bond motifs is 1. The zero-order valence-electron chi connectivity index (χ0n) is 20.7. The zero-order chi connectivity index (χ0) is 27.2. The lowest BCUT2D eigenvalue weighted by molar-refractivity contribution is 0.0965. The molecule has 1 amide bonds. The molecule has 0 saturated heterocycles. The number of nitrogens with one attached hydrogen (secondary N) is 1. The summed E-state index contributed by atoms with van der Waals surface area (Å²) in [5, 5.41) is 25.9. The highest BCUT2D eigenvalue weighted by Crippen LogP contribution is 2.46. The molecule has 0 atom stereocenters. The Labute approximate surface area is 218 Å². The molecule has 1 saturated carbocycles. The van der Waals surface area contributed by atoms with E-state index in [0.717, 1.165) is 30.7 Å². The molecule has 196 valence electrons. The van der Waals surface area contributed by atoms with Crippen molar-refractivity contribution >= 4 is 39.7 Å². The number of pyridine rings is 2. The molecule has 3 N–H and O–H groups in total. The molecule has 4 aromatic rings. The number of halogens is 1. The maximum atomic E-state index is 14.4. The predicted molar refractivity (Wildman–Crippen MR) is 141 cm³/mol. The van der Waals surface area contributed by atoms with Crippen LogP contribution in [0, 0.1) is 5.82 Å². The fraction of sp³-hybridized carbons (Fsp3) is 0.240. The molecule has 0 bridgehead atoms. The number of amides is 1. The number of benzene rings is 1. The van der Waals surface area contributed by atoms with Crippen LogP contribution in [0.5, 0.6) is 0 Å². The molecule has 3 aromatic heterocycles. The number of aromatic nitrogens is 3. The van der Waals surface area contributed by atoms with Crippen molar-refractivity contribution in [2.45, 2.75) is 25.3 Å². The normalized spacial score (nSPS) is 13.5. The highest BCUT2D eigenvalue weighted by atomic mass is 32.2. The van der Waals surface area contributed by atoms with Gasteiger partial charge in [-0.1, -0.05) is 12.1 Å². The van der Waals surface area contributed by atoms with Gasteiger partial charge in [0.15, 0.2) is 0 Å². The number of sulfonamides is 1. The van der Waals surface area contributed by atoms with Crippen molar-refractivity contribution in [3.8, 4) is 11.3 Å². The molecule has 0 spiro atoms. The van der Waals surface area contributed by atoms with E-state index in [4.69, 9.17) is 0 Å². The molecule has 0 radical (unpaired) electrons. The first-order valence-corrected chi connectivity index (χ1v) is 13.7. The minimum absolute atomic E-state index is 0.0946.